The smallest absolute Gasteiger partial charge is 0.306 e. The first-order valence-corrected chi connectivity index (χ1v) is 35.3. The number of ether oxygens (including phenoxy) is 3. The van der Waals surface area contributed by atoms with Crippen molar-refractivity contribution in [1.82, 2.24) is 0 Å². The lowest BCUT2D eigenvalue weighted by atomic mass is 9.99. The lowest BCUT2D eigenvalue weighted by Crippen LogP contribution is -2.30. The Morgan fingerprint density at radius 2 is 0.455 bits per heavy atom. The average molecular weight is 1090 g/mol. The fourth-order valence-corrected chi connectivity index (χ4v) is 11.1. The molecule has 6 nitrogen and oxygen atoms in total. The summed E-state index contributed by atoms with van der Waals surface area (Å²) in [5.41, 5.74) is 0. The van der Waals surface area contributed by atoms with Gasteiger partial charge in [-0.15, -0.1) is 0 Å². The normalized spacial score (nSPS) is 12.7. The summed E-state index contributed by atoms with van der Waals surface area (Å²) in [4.78, 5) is 38.5. The van der Waals surface area contributed by atoms with Gasteiger partial charge in [0.15, 0.2) is 6.10 Å². The van der Waals surface area contributed by atoms with Gasteiger partial charge in [0.05, 0.1) is 0 Å². The van der Waals surface area contributed by atoms with Crippen LogP contribution < -0.4 is 0 Å². The molecule has 0 aliphatic rings. The zero-order valence-corrected chi connectivity index (χ0v) is 53.1. The quantitative estimate of drug-likeness (QED) is 0.0343. The summed E-state index contributed by atoms with van der Waals surface area (Å²) in [6.45, 7) is 11.5. The Bertz CT molecular complexity index is 1190. The molecule has 0 aromatic heterocycles. The topological polar surface area (TPSA) is 78.9 Å². The van der Waals surface area contributed by atoms with Crippen molar-refractivity contribution in [3.8, 4) is 0 Å². The number of rotatable bonds is 65. The van der Waals surface area contributed by atoms with Gasteiger partial charge >= 0.3 is 17.9 Å². The van der Waals surface area contributed by atoms with Crippen LogP contribution in [-0.2, 0) is 28.6 Å². The van der Waals surface area contributed by atoms with Gasteiger partial charge in [0.25, 0.3) is 0 Å². The number of hydrogen-bond donors (Lipinski definition) is 0. The molecule has 0 rings (SSSR count). The van der Waals surface area contributed by atoms with Crippen molar-refractivity contribution in [2.45, 2.75) is 413 Å². The molecule has 458 valence electrons. The maximum Gasteiger partial charge on any atom is 0.306 e. The molecule has 2 unspecified atom stereocenters. The first-order valence-electron chi connectivity index (χ1n) is 35.3. The van der Waals surface area contributed by atoms with Gasteiger partial charge in [0.1, 0.15) is 13.2 Å². The molecular weight excluding hydrogens is 949 g/mol. The molecule has 0 saturated carbocycles. The van der Waals surface area contributed by atoms with Gasteiger partial charge in [-0.1, -0.05) is 369 Å². The maximum absolute atomic E-state index is 13.0. The molecule has 0 spiro atoms. The van der Waals surface area contributed by atoms with E-state index in [0.29, 0.717) is 19.3 Å². The predicted octanol–water partition coefficient (Wildman–Crippen LogP) is 23.9. The van der Waals surface area contributed by atoms with Gasteiger partial charge < -0.3 is 14.2 Å². The molecule has 0 aliphatic carbocycles. The Morgan fingerprint density at radius 1 is 0.260 bits per heavy atom. The molecule has 0 fully saturated rings. The largest absolute Gasteiger partial charge is 0.462 e. The van der Waals surface area contributed by atoms with Crippen LogP contribution in [0.3, 0.4) is 0 Å². The highest BCUT2D eigenvalue weighted by molar-refractivity contribution is 5.71. The number of carbonyl (C=O) groups is 3. The molecule has 3 atom stereocenters. The Morgan fingerprint density at radius 3 is 0.675 bits per heavy atom. The van der Waals surface area contributed by atoms with Crippen molar-refractivity contribution in [2.24, 2.45) is 11.8 Å². The van der Waals surface area contributed by atoms with Crippen LogP contribution in [0.2, 0.25) is 0 Å². The van der Waals surface area contributed by atoms with Crippen LogP contribution in [-0.4, -0.2) is 37.2 Å². The van der Waals surface area contributed by atoms with E-state index in [-0.39, 0.29) is 31.1 Å². The minimum Gasteiger partial charge on any atom is -0.462 e. The van der Waals surface area contributed by atoms with Crippen LogP contribution in [0.5, 0.6) is 0 Å². The molecule has 0 aromatic carbocycles. The van der Waals surface area contributed by atoms with Crippen LogP contribution in [0.4, 0.5) is 0 Å². The van der Waals surface area contributed by atoms with E-state index < -0.39 is 6.10 Å². The van der Waals surface area contributed by atoms with Gasteiger partial charge in [-0.25, -0.2) is 0 Å². The second-order valence-corrected chi connectivity index (χ2v) is 25.0. The van der Waals surface area contributed by atoms with Crippen molar-refractivity contribution >= 4 is 17.9 Å². The van der Waals surface area contributed by atoms with Gasteiger partial charge in [-0.05, 0) is 31.1 Å². The van der Waals surface area contributed by atoms with Crippen LogP contribution in [0.15, 0.2) is 0 Å². The summed E-state index contributed by atoms with van der Waals surface area (Å²) in [5, 5.41) is 0. The third-order valence-corrected chi connectivity index (χ3v) is 17.2. The van der Waals surface area contributed by atoms with Crippen LogP contribution >= 0.6 is 0 Å². The van der Waals surface area contributed by atoms with E-state index in [2.05, 4.69) is 34.6 Å². The second kappa shape index (κ2) is 63.6. The first kappa shape index (κ1) is 75.4. The highest BCUT2D eigenvalue weighted by Crippen LogP contribution is 2.20. The molecule has 0 saturated heterocycles. The molecule has 0 N–H and O–H groups in total. The first-order chi connectivity index (χ1) is 37.8. The van der Waals surface area contributed by atoms with E-state index in [9.17, 15) is 14.4 Å². The highest BCUT2D eigenvalue weighted by Gasteiger charge is 2.20. The van der Waals surface area contributed by atoms with Gasteiger partial charge in [0, 0.05) is 19.3 Å². The van der Waals surface area contributed by atoms with Gasteiger partial charge in [-0.2, -0.15) is 0 Å². The predicted molar refractivity (Wildman–Crippen MR) is 335 cm³/mol. The van der Waals surface area contributed by atoms with Crippen molar-refractivity contribution in [2.75, 3.05) is 13.2 Å². The molecule has 0 aromatic rings. The fraction of sp³-hybridized carbons (Fsp3) is 0.958. The second-order valence-electron chi connectivity index (χ2n) is 25.0. The van der Waals surface area contributed by atoms with Crippen molar-refractivity contribution in [1.29, 1.82) is 0 Å². The standard InChI is InChI=1S/C71H138O6/c1-6-9-10-11-12-13-14-15-16-17-18-23-26-33-38-43-48-53-58-63-71(74)77-68(65-76-70(73)62-57-52-47-42-37-32-28-27-30-35-40-45-50-55-60-67(5)8-3)64-75-69(72)61-56-51-46-41-36-31-25-22-20-19-21-24-29-34-39-44-49-54-59-66(4)7-2/h66-68H,6-65H2,1-5H3/t66?,67?,68-/m1/s1. The zero-order valence-electron chi connectivity index (χ0n) is 53.1. The monoisotopic (exact) mass is 1090 g/mol. The van der Waals surface area contributed by atoms with Crippen molar-refractivity contribution < 1.29 is 28.6 Å². The Hall–Kier alpha value is -1.59. The van der Waals surface area contributed by atoms with Crippen LogP contribution in [0, 0.1) is 11.8 Å². The number of hydrogen-bond acceptors (Lipinski definition) is 6. The average Bonchev–Trinajstić information content (AvgIpc) is 3.43. The maximum atomic E-state index is 13.0. The summed E-state index contributed by atoms with van der Waals surface area (Å²) in [6, 6.07) is 0. The minimum atomic E-state index is -0.765. The Balaban J connectivity index is 4.28. The van der Waals surface area contributed by atoms with E-state index in [0.717, 1.165) is 69.6 Å². The van der Waals surface area contributed by atoms with Crippen LogP contribution in [0.1, 0.15) is 407 Å². The van der Waals surface area contributed by atoms with Crippen LogP contribution in [0.25, 0.3) is 0 Å². The minimum absolute atomic E-state index is 0.0612. The lowest BCUT2D eigenvalue weighted by Gasteiger charge is -2.18. The number of carbonyl (C=O) groups excluding carboxylic acids is 3. The third-order valence-electron chi connectivity index (χ3n) is 17.2. The molecule has 0 amide bonds. The molecule has 6 heteroatoms. The SMILES string of the molecule is CCCCCCCCCCCCCCCCCCCCCC(=O)O[C@H](COC(=O)CCCCCCCCCCCCCCCCCCCCC(C)CC)COC(=O)CCCCCCCCCCCCCCCCC(C)CC. The zero-order chi connectivity index (χ0) is 56.0. The number of unbranched alkanes of at least 4 members (excludes halogenated alkanes) is 48. The van der Waals surface area contributed by atoms with Crippen molar-refractivity contribution in [3.63, 3.8) is 0 Å². The summed E-state index contributed by atoms with van der Waals surface area (Å²) in [7, 11) is 0. The van der Waals surface area contributed by atoms with Gasteiger partial charge in [0.2, 0.25) is 0 Å². The molecule has 0 radical (unpaired) electrons. The van der Waals surface area contributed by atoms with E-state index in [1.165, 1.54) is 295 Å². The summed E-state index contributed by atoms with van der Waals surface area (Å²) < 4.78 is 17.0. The molecule has 77 heavy (non-hydrogen) atoms. The fourth-order valence-electron chi connectivity index (χ4n) is 11.1. The number of esters is 3. The highest BCUT2D eigenvalue weighted by atomic mass is 16.6. The Kier molecular flexibility index (Phi) is 62.3. The molecule has 0 aliphatic heterocycles. The summed E-state index contributed by atoms with van der Waals surface area (Å²) in [6.07, 6.45) is 72.5. The van der Waals surface area contributed by atoms with E-state index in [1.54, 1.807) is 0 Å². The summed E-state index contributed by atoms with van der Waals surface area (Å²) >= 11 is 0. The lowest BCUT2D eigenvalue weighted by molar-refractivity contribution is -0.167. The molecule has 0 heterocycles. The van der Waals surface area contributed by atoms with E-state index >= 15 is 0 Å². The third kappa shape index (κ3) is 61.9. The van der Waals surface area contributed by atoms with E-state index in [4.69, 9.17) is 14.2 Å². The molecule has 0 bridgehead atoms. The molecular formula is C71H138O6. The summed E-state index contributed by atoms with van der Waals surface area (Å²) in [5.74, 6) is 0.982. The Labute approximate surface area is 482 Å². The van der Waals surface area contributed by atoms with Gasteiger partial charge in [-0.3, -0.25) is 14.4 Å². The van der Waals surface area contributed by atoms with Crippen molar-refractivity contribution in [3.05, 3.63) is 0 Å². The van der Waals surface area contributed by atoms with E-state index in [1.807, 2.05) is 0 Å².